The van der Waals surface area contributed by atoms with Crippen LogP contribution in [0.4, 0.5) is 10.2 Å². The highest BCUT2D eigenvalue weighted by Crippen LogP contribution is 2.29. The molecule has 4 heterocycles. The number of amides is 2. The second-order valence-corrected chi connectivity index (χ2v) is 12.0. The van der Waals surface area contributed by atoms with E-state index >= 15 is 0 Å². The summed E-state index contributed by atoms with van der Waals surface area (Å²) in [5, 5.41) is 6.19. The van der Waals surface area contributed by atoms with Crippen molar-refractivity contribution in [1.82, 2.24) is 34.3 Å². The summed E-state index contributed by atoms with van der Waals surface area (Å²) in [6.07, 6.45) is 7.43. The second kappa shape index (κ2) is 13.2. The predicted octanol–water partition coefficient (Wildman–Crippen LogP) is 3.92. The molecular weight excluding hydrogens is 619 g/mol. The molecule has 1 aromatic carbocycles. The average molecular weight is 653 g/mol. The van der Waals surface area contributed by atoms with Crippen LogP contribution in [-0.4, -0.2) is 67.0 Å². The van der Waals surface area contributed by atoms with Crippen molar-refractivity contribution in [2.45, 2.75) is 44.8 Å². The molecule has 0 unspecified atom stereocenters. The van der Waals surface area contributed by atoms with Crippen LogP contribution in [0.25, 0.3) is 16.6 Å². The molecule has 48 heavy (non-hydrogen) atoms. The van der Waals surface area contributed by atoms with Crippen LogP contribution >= 0.6 is 0 Å². The third kappa shape index (κ3) is 6.55. The molecule has 1 saturated carbocycles. The van der Waals surface area contributed by atoms with E-state index in [1.165, 1.54) is 41.4 Å². The number of fused-ring (bicyclic) bond motifs is 1. The van der Waals surface area contributed by atoms with Crippen molar-refractivity contribution in [3.63, 3.8) is 0 Å². The molecule has 13 nitrogen and oxygen atoms in total. The standard InChI is InChI=1S/C34H33FN8O5/c1-19(2)42-18-26(33(46)43(34(42)47)22-7-5-20(35)6-8-22)31(44)40-30-10-9-24(16-38-30)48-29-11-12-36-28-17-37-27(15-25(28)29)32(45)39-21-13-23(14-21)41(3)4/h5-12,15-19,21,23H,13-14H2,1-4H3,(H,39,45)(H,38,40,44). The van der Waals surface area contributed by atoms with E-state index in [0.29, 0.717) is 28.4 Å². The van der Waals surface area contributed by atoms with E-state index in [2.05, 4.69) is 30.5 Å². The maximum absolute atomic E-state index is 13.5. The quantitative estimate of drug-likeness (QED) is 0.241. The Labute approximate surface area is 274 Å². The molecule has 14 heteroatoms. The maximum atomic E-state index is 13.5. The Bertz CT molecular complexity index is 2120. The van der Waals surface area contributed by atoms with E-state index in [1.807, 2.05) is 14.1 Å². The Kier molecular flexibility index (Phi) is 8.82. The number of halogens is 1. The molecule has 2 N–H and O–H groups in total. The minimum absolute atomic E-state index is 0.0926. The zero-order valence-electron chi connectivity index (χ0n) is 26.7. The van der Waals surface area contributed by atoms with Crippen LogP contribution < -0.4 is 26.6 Å². The van der Waals surface area contributed by atoms with Crippen molar-refractivity contribution in [3.8, 4) is 17.2 Å². The van der Waals surface area contributed by atoms with Crippen molar-refractivity contribution in [1.29, 1.82) is 0 Å². The van der Waals surface area contributed by atoms with Crippen LogP contribution in [0.3, 0.4) is 0 Å². The van der Waals surface area contributed by atoms with Gasteiger partial charge < -0.3 is 20.3 Å². The first-order chi connectivity index (χ1) is 23.0. The molecule has 0 spiro atoms. The molecule has 0 atom stereocenters. The van der Waals surface area contributed by atoms with Gasteiger partial charge in [0.25, 0.3) is 17.4 Å². The summed E-state index contributed by atoms with van der Waals surface area (Å²) in [6, 6.07) is 11.3. The van der Waals surface area contributed by atoms with Crippen LogP contribution in [-0.2, 0) is 0 Å². The van der Waals surface area contributed by atoms with Crippen molar-refractivity contribution in [3.05, 3.63) is 111 Å². The van der Waals surface area contributed by atoms with Crippen LogP contribution in [0.1, 0.15) is 53.6 Å². The molecule has 4 aromatic heterocycles. The van der Waals surface area contributed by atoms with Crippen molar-refractivity contribution in [2.75, 3.05) is 19.4 Å². The molecule has 5 aromatic rings. The summed E-state index contributed by atoms with van der Waals surface area (Å²) in [4.78, 5) is 67.7. The average Bonchev–Trinajstić information content (AvgIpc) is 3.04. The predicted molar refractivity (Wildman–Crippen MR) is 176 cm³/mol. The number of carbonyl (C=O) groups is 2. The smallest absolute Gasteiger partial charge is 0.335 e. The normalized spacial score (nSPS) is 15.7. The van der Waals surface area contributed by atoms with Crippen LogP contribution in [0, 0.1) is 5.82 Å². The maximum Gasteiger partial charge on any atom is 0.335 e. The number of anilines is 1. The van der Waals surface area contributed by atoms with Gasteiger partial charge in [0.1, 0.15) is 34.4 Å². The minimum atomic E-state index is -0.862. The second-order valence-electron chi connectivity index (χ2n) is 12.0. The Morgan fingerprint density at radius 1 is 0.979 bits per heavy atom. The van der Waals surface area contributed by atoms with Gasteiger partial charge in [0.05, 0.1) is 23.6 Å². The van der Waals surface area contributed by atoms with Gasteiger partial charge in [0.2, 0.25) is 0 Å². The van der Waals surface area contributed by atoms with Crippen LogP contribution in [0.15, 0.2) is 82.9 Å². The zero-order valence-corrected chi connectivity index (χ0v) is 26.7. The highest BCUT2D eigenvalue weighted by atomic mass is 19.1. The number of ether oxygens (including phenoxy) is 1. The van der Waals surface area contributed by atoms with Gasteiger partial charge in [-0.15, -0.1) is 0 Å². The third-order valence-corrected chi connectivity index (χ3v) is 8.20. The topological polar surface area (TPSA) is 153 Å². The number of benzene rings is 1. The fourth-order valence-corrected chi connectivity index (χ4v) is 5.36. The molecule has 1 aliphatic rings. The van der Waals surface area contributed by atoms with E-state index in [1.54, 1.807) is 38.2 Å². The van der Waals surface area contributed by atoms with Gasteiger partial charge in [0.15, 0.2) is 0 Å². The monoisotopic (exact) mass is 652 g/mol. The summed E-state index contributed by atoms with van der Waals surface area (Å²) in [7, 11) is 4.04. The molecule has 1 aliphatic carbocycles. The Morgan fingerprint density at radius 2 is 1.73 bits per heavy atom. The number of hydrogen-bond donors (Lipinski definition) is 2. The first-order valence-electron chi connectivity index (χ1n) is 15.3. The first kappa shape index (κ1) is 32.2. The van der Waals surface area contributed by atoms with Gasteiger partial charge >= 0.3 is 5.69 Å². The van der Waals surface area contributed by atoms with Gasteiger partial charge in [-0.1, -0.05) is 0 Å². The number of hydrogen-bond acceptors (Lipinski definition) is 9. The number of rotatable bonds is 9. The number of pyridine rings is 3. The fourth-order valence-electron chi connectivity index (χ4n) is 5.36. The highest BCUT2D eigenvalue weighted by molar-refractivity contribution is 6.03. The number of carbonyl (C=O) groups excluding carboxylic acids is 2. The molecule has 0 radical (unpaired) electrons. The first-order valence-corrected chi connectivity index (χ1v) is 15.3. The van der Waals surface area contributed by atoms with Gasteiger partial charge in [-0.2, -0.15) is 0 Å². The molecular formula is C34H33FN8O5. The lowest BCUT2D eigenvalue weighted by atomic mass is 9.86. The zero-order chi connectivity index (χ0) is 34.1. The lowest BCUT2D eigenvalue weighted by Crippen LogP contribution is -2.51. The van der Waals surface area contributed by atoms with E-state index in [0.717, 1.165) is 29.5 Å². The summed E-state index contributed by atoms with van der Waals surface area (Å²) in [6.45, 7) is 3.47. The lowest BCUT2D eigenvalue weighted by molar-refractivity contribution is 0.0848. The molecule has 246 valence electrons. The molecule has 6 rings (SSSR count). The van der Waals surface area contributed by atoms with E-state index in [9.17, 15) is 23.6 Å². The SMILES string of the molecule is CC(C)n1cc(C(=O)Nc2ccc(Oc3ccnc4cnc(C(=O)NC5CC(N(C)C)C5)cc34)cn2)c(=O)n(-c2ccc(F)cc2)c1=O. The van der Waals surface area contributed by atoms with Crippen molar-refractivity contribution in [2.24, 2.45) is 0 Å². The summed E-state index contributed by atoms with van der Waals surface area (Å²) < 4.78 is 21.7. The van der Waals surface area contributed by atoms with E-state index in [-0.39, 0.29) is 40.8 Å². The summed E-state index contributed by atoms with van der Waals surface area (Å²) in [5.41, 5.74) is -0.932. The van der Waals surface area contributed by atoms with Crippen LogP contribution in [0.2, 0.25) is 0 Å². The van der Waals surface area contributed by atoms with Gasteiger partial charge in [-0.25, -0.2) is 23.7 Å². The summed E-state index contributed by atoms with van der Waals surface area (Å²) in [5.74, 6) is -0.721. The number of aromatic nitrogens is 5. The van der Waals surface area contributed by atoms with Crippen molar-refractivity contribution >= 4 is 28.5 Å². The lowest BCUT2D eigenvalue weighted by Gasteiger charge is -2.39. The highest BCUT2D eigenvalue weighted by Gasteiger charge is 2.32. The third-order valence-electron chi connectivity index (χ3n) is 8.20. The fraction of sp³-hybridized carbons (Fsp3) is 0.265. The molecule has 1 fully saturated rings. The van der Waals surface area contributed by atoms with Gasteiger partial charge in [-0.3, -0.25) is 23.9 Å². The van der Waals surface area contributed by atoms with Gasteiger partial charge in [0, 0.05) is 35.9 Å². The van der Waals surface area contributed by atoms with Crippen molar-refractivity contribution < 1.29 is 18.7 Å². The molecule has 2 amide bonds. The van der Waals surface area contributed by atoms with E-state index < -0.39 is 23.0 Å². The molecule has 0 bridgehead atoms. The Morgan fingerprint density at radius 3 is 2.40 bits per heavy atom. The molecule has 0 aliphatic heterocycles. The number of nitrogens with zero attached hydrogens (tertiary/aromatic N) is 6. The Hall–Kier alpha value is -5.76. The Balaban J connectivity index is 1.19. The summed E-state index contributed by atoms with van der Waals surface area (Å²) >= 11 is 0. The largest absolute Gasteiger partial charge is 0.455 e. The molecule has 0 saturated heterocycles. The van der Waals surface area contributed by atoms with Gasteiger partial charge in [-0.05, 0) is 89.3 Å². The van der Waals surface area contributed by atoms with E-state index in [4.69, 9.17) is 4.74 Å². The number of nitrogens with one attached hydrogen (secondary N) is 2. The minimum Gasteiger partial charge on any atom is -0.455 e. The van der Waals surface area contributed by atoms with Crippen LogP contribution in [0.5, 0.6) is 11.5 Å².